The minimum absolute atomic E-state index is 0.211. The van der Waals surface area contributed by atoms with Crippen LogP contribution in [0.25, 0.3) is 0 Å². The molecule has 1 heterocycles. The van der Waals surface area contributed by atoms with Crippen molar-refractivity contribution in [3.63, 3.8) is 0 Å². The summed E-state index contributed by atoms with van der Waals surface area (Å²) in [5.74, 6) is -0.163. The van der Waals surface area contributed by atoms with E-state index in [1.165, 1.54) is 26.6 Å². The summed E-state index contributed by atoms with van der Waals surface area (Å²) in [6.45, 7) is 0.344. The number of benzene rings is 1. The molecule has 21 heavy (non-hydrogen) atoms. The summed E-state index contributed by atoms with van der Waals surface area (Å²) in [5, 5.41) is 12.1. The summed E-state index contributed by atoms with van der Waals surface area (Å²) < 4.78 is 10.3. The molecular weight excluding hydrogens is 274 g/mol. The minimum atomic E-state index is -0.975. The van der Waals surface area contributed by atoms with Gasteiger partial charge in [0.25, 0.3) is 0 Å². The van der Waals surface area contributed by atoms with E-state index in [0.717, 1.165) is 0 Å². The molecule has 1 aromatic heterocycles. The fourth-order valence-electron chi connectivity index (χ4n) is 1.84. The number of hydrogen-bond acceptors (Lipinski definition) is 6. The highest BCUT2D eigenvalue weighted by atomic mass is 16.5. The lowest BCUT2D eigenvalue weighted by Crippen LogP contribution is -2.07. The smallest absolute Gasteiger partial charge is 0.335 e. The molecule has 7 nitrogen and oxygen atoms in total. The lowest BCUT2D eigenvalue weighted by atomic mass is 10.2. The van der Waals surface area contributed by atoms with Gasteiger partial charge in [-0.15, -0.1) is 0 Å². The SMILES string of the molecule is COc1ncnc(OC)c1CNc1cccc(C(=O)O)c1. The van der Waals surface area contributed by atoms with E-state index < -0.39 is 5.97 Å². The number of rotatable bonds is 6. The number of hydrogen-bond donors (Lipinski definition) is 2. The number of nitrogens with zero attached hydrogens (tertiary/aromatic N) is 2. The first-order valence-corrected chi connectivity index (χ1v) is 6.14. The molecule has 2 aromatic rings. The Kier molecular flexibility index (Phi) is 4.55. The van der Waals surface area contributed by atoms with Crippen LogP contribution in [0.15, 0.2) is 30.6 Å². The van der Waals surface area contributed by atoms with Crippen molar-refractivity contribution in [1.29, 1.82) is 0 Å². The number of carboxylic acid groups (broad SMARTS) is 1. The predicted molar refractivity (Wildman–Crippen MR) is 75.9 cm³/mol. The Bertz CT molecular complexity index is 624. The van der Waals surface area contributed by atoms with E-state index in [0.29, 0.717) is 29.6 Å². The maximum Gasteiger partial charge on any atom is 0.335 e. The summed E-state index contributed by atoms with van der Waals surface area (Å²) in [6, 6.07) is 6.52. The lowest BCUT2D eigenvalue weighted by molar-refractivity contribution is 0.0697. The molecule has 0 aliphatic carbocycles. The number of anilines is 1. The van der Waals surface area contributed by atoms with Gasteiger partial charge < -0.3 is 19.9 Å². The molecule has 0 radical (unpaired) electrons. The molecule has 0 saturated carbocycles. The number of carboxylic acids is 1. The van der Waals surface area contributed by atoms with Crippen molar-refractivity contribution < 1.29 is 19.4 Å². The first-order chi connectivity index (χ1) is 10.2. The normalized spacial score (nSPS) is 10.0. The molecular formula is C14H15N3O4. The summed E-state index contributed by atoms with van der Waals surface area (Å²) in [6.07, 6.45) is 1.35. The van der Waals surface area contributed by atoms with Crippen molar-refractivity contribution in [2.45, 2.75) is 6.54 Å². The van der Waals surface area contributed by atoms with Crippen LogP contribution in [0.2, 0.25) is 0 Å². The first-order valence-electron chi connectivity index (χ1n) is 6.14. The summed E-state index contributed by atoms with van der Waals surface area (Å²) >= 11 is 0. The average molecular weight is 289 g/mol. The minimum Gasteiger partial charge on any atom is -0.481 e. The van der Waals surface area contributed by atoms with Gasteiger partial charge in [0.05, 0.1) is 31.9 Å². The van der Waals surface area contributed by atoms with Crippen LogP contribution in [0, 0.1) is 0 Å². The lowest BCUT2D eigenvalue weighted by Gasteiger charge is -2.12. The first kappa shape index (κ1) is 14.6. The summed E-state index contributed by atoms with van der Waals surface area (Å²) in [5.41, 5.74) is 1.54. The highest BCUT2D eigenvalue weighted by molar-refractivity contribution is 5.88. The van der Waals surface area contributed by atoms with Crippen LogP contribution in [0.1, 0.15) is 15.9 Å². The summed E-state index contributed by atoms with van der Waals surface area (Å²) in [7, 11) is 3.02. The van der Waals surface area contributed by atoms with Crippen molar-refractivity contribution >= 4 is 11.7 Å². The average Bonchev–Trinajstić information content (AvgIpc) is 2.52. The van der Waals surface area contributed by atoms with Gasteiger partial charge in [-0.05, 0) is 18.2 Å². The highest BCUT2D eigenvalue weighted by Crippen LogP contribution is 2.24. The Morgan fingerprint density at radius 2 is 1.90 bits per heavy atom. The largest absolute Gasteiger partial charge is 0.481 e. The van der Waals surface area contributed by atoms with Gasteiger partial charge in [-0.25, -0.2) is 14.8 Å². The third kappa shape index (κ3) is 3.38. The zero-order valence-corrected chi connectivity index (χ0v) is 11.7. The van der Waals surface area contributed by atoms with E-state index in [4.69, 9.17) is 14.6 Å². The molecule has 0 aliphatic rings. The Balaban J connectivity index is 2.20. The number of ether oxygens (including phenoxy) is 2. The Labute approximate surface area is 121 Å². The van der Waals surface area contributed by atoms with E-state index in [1.807, 2.05) is 0 Å². The fourth-order valence-corrected chi connectivity index (χ4v) is 1.84. The Hall–Kier alpha value is -2.83. The molecule has 0 atom stereocenters. The zero-order valence-electron chi connectivity index (χ0n) is 11.7. The monoisotopic (exact) mass is 289 g/mol. The molecule has 0 fully saturated rings. The second-order valence-corrected chi connectivity index (χ2v) is 4.11. The van der Waals surface area contributed by atoms with Crippen LogP contribution in [-0.4, -0.2) is 35.3 Å². The molecule has 0 aliphatic heterocycles. The second-order valence-electron chi connectivity index (χ2n) is 4.11. The van der Waals surface area contributed by atoms with Crippen molar-refractivity contribution in [2.24, 2.45) is 0 Å². The van der Waals surface area contributed by atoms with Crippen LogP contribution in [0.5, 0.6) is 11.8 Å². The molecule has 0 bridgehead atoms. The third-order valence-electron chi connectivity index (χ3n) is 2.83. The van der Waals surface area contributed by atoms with E-state index in [-0.39, 0.29) is 5.56 Å². The molecule has 0 unspecified atom stereocenters. The number of aromatic carboxylic acids is 1. The van der Waals surface area contributed by atoms with E-state index in [1.54, 1.807) is 18.2 Å². The molecule has 0 amide bonds. The molecule has 2 N–H and O–H groups in total. The van der Waals surface area contributed by atoms with Gasteiger partial charge >= 0.3 is 5.97 Å². The number of methoxy groups -OCH3 is 2. The molecule has 0 saturated heterocycles. The van der Waals surface area contributed by atoms with Gasteiger partial charge in [0, 0.05) is 5.69 Å². The van der Waals surface area contributed by atoms with Crippen molar-refractivity contribution in [1.82, 2.24) is 9.97 Å². The van der Waals surface area contributed by atoms with Crippen molar-refractivity contribution in [2.75, 3.05) is 19.5 Å². The quantitative estimate of drug-likeness (QED) is 0.837. The van der Waals surface area contributed by atoms with E-state index >= 15 is 0 Å². The maximum absolute atomic E-state index is 10.9. The molecule has 1 aromatic carbocycles. The van der Waals surface area contributed by atoms with Gasteiger partial charge in [0.2, 0.25) is 11.8 Å². The number of aromatic nitrogens is 2. The van der Waals surface area contributed by atoms with Gasteiger partial charge in [0.15, 0.2) is 0 Å². The van der Waals surface area contributed by atoms with Crippen LogP contribution < -0.4 is 14.8 Å². The third-order valence-corrected chi connectivity index (χ3v) is 2.83. The van der Waals surface area contributed by atoms with Gasteiger partial charge in [-0.1, -0.05) is 6.07 Å². The Morgan fingerprint density at radius 1 is 1.24 bits per heavy atom. The van der Waals surface area contributed by atoms with Crippen LogP contribution in [0.4, 0.5) is 5.69 Å². The molecule has 7 heteroatoms. The molecule has 2 rings (SSSR count). The second kappa shape index (κ2) is 6.56. The van der Waals surface area contributed by atoms with Crippen LogP contribution in [0.3, 0.4) is 0 Å². The fraction of sp³-hybridized carbons (Fsp3) is 0.214. The predicted octanol–water partition coefficient (Wildman–Crippen LogP) is 1.80. The van der Waals surface area contributed by atoms with Gasteiger partial charge in [-0.3, -0.25) is 0 Å². The standard InChI is InChI=1S/C14H15N3O4/c1-20-12-11(13(21-2)17-8-16-12)7-15-10-5-3-4-9(6-10)14(18)19/h3-6,8,15H,7H2,1-2H3,(H,18,19). The number of carbonyl (C=O) groups is 1. The highest BCUT2D eigenvalue weighted by Gasteiger charge is 2.12. The van der Waals surface area contributed by atoms with E-state index in [2.05, 4.69) is 15.3 Å². The summed E-state index contributed by atoms with van der Waals surface area (Å²) in [4.78, 5) is 19.0. The van der Waals surface area contributed by atoms with Crippen LogP contribution in [-0.2, 0) is 6.54 Å². The molecule has 0 spiro atoms. The van der Waals surface area contributed by atoms with Gasteiger partial charge in [-0.2, -0.15) is 0 Å². The van der Waals surface area contributed by atoms with Crippen LogP contribution >= 0.6 is 0 Å². The zero-order chi connectivity index (χ0) is 15.2. The Morgan fingerprint density at radius 3 is 2.48 bits per heavy atom. The maximum atomic E-state index is 10.9. The van der Waals surface area contributed by atoms with Crippen molar-refractivity contribution in [3.8, 4) is 11.8 Å². The van der Waals surface area contributed by atoms with Crippen molar-refractivity contribution in [3.05, 3.63) is 41.7 Å². The number of nitrogens with one attached hydrogen (secondary N) is 1. The van der Waals surface area contributed by atoms with E-state index in [9.17, 15) is 4.79 Å². The van der Waals surface area contributed by atoms with Gasteiger partial charge in [0.1, 0.15) is 6.33 Å². The topological polar surface area (TPSA) is 93.6 Å². The molecule has 110 valence electrons.